The van der Waals surface area contributed by atoms with Crippen LogP contribution in [0.5, 0.6) is 0 Å². The number of hydrogen-bond donors (Lipinski definition) is 2. The Balaban J connectivity index is 2.93. The van der Waals surface area contributed by atoms with Gasteiger partial charge in [-0.1, -0.05) is 13.3 Å². The maximum atomic E-state index is 12.4. The van der Waals surface area contributed by atoms with Gasteiger partial charge in [-0.2, -0.15) is 0 Å². The number of hydrogen-bond acceptors (Lipinski definition) is 3. The lowest BCUT2D eigenvalue weighted by Gasteiger charge is -2.22. The molecular weight excluding hydrogens is 242 g/mol. The summed E-state index contributed by atoms with van der Waals surface area (Å²) in [5, 5.41) is 0. The molecule has 2 amide bonds. The molecule has 0 spiro atoms. The van der Waals surface area contributed by atoms with Gasteiger partial charge in [0.2, 0.25) is 5.91 Å². The molecule has 0 aliphatic carbocycles. The molecule has 0 aliphatic heterocycles. The summed E-state index contributed by atoms with van der Waals surface area (Å²) in [5.74, 6) is -0.678. The van der Waals surface area contributed by atoms with Crippen molar-refractivity contribution in [2.75, 3.05) is 18.8 Å². The largest absolute Gasteiger partial charge is 0.399 e. The Kier molecular flexibility index (Phi) is 5.36. The maximum Gasteiger partial charge on any atom is 0.254 e. The number of benzene rings is 1. The summed E-state index contributed by atoms with van der Waals surface area (Å²) in [4.78, 5) is 24.9. The quantitative estimate of drug-likeness (QED) is 0.758. The maximum absolute atomic E-state index is 12.4. The second-order valence-electron chi connectivity index (χ2n) is 4.62. The first kappa shape index (κ1) is 15.0. The molecule has 5 nitrogen and oxygen atoms in total. The first-order chi connectivity index (χ1) is 8.95. The summed E-state index contributed by atoms with van der Waals surface area (Å²) in [6.07, 6.45) is 1.79. The minimum absolute atomic E-state index is 0.0529. The second-order valence-corrected chi connectivity index (χ2v) is 4.62. The van der Waals surface area contributed by atoms with Crippen LogP contribution in [0.4, 0.5) is 5.69 Å². The number of primary amides is 1. The number of carbonyl (C=O) groups is 2. The standard InChI is InChI=1S/C14H21N3O2/c1-3-4-7-17(9-13(16)18)14(19)12-6-5-11(15)8-10(12)2/h5-6,8H,3-4,7,9,15H2,1-2H3,(H2,16,18). The van der Waals surface area contributed by atoms with Gasteiger partial charge < -0.3 is 16.4 Å². The average Bonchev–Trinajstić information content (AvgIpc) is 2.33. The fourth-order valence-electron chi connectivity index (χ4n) is 1.89. The van der Waals surface area contributed by atoms with Crippen molar-refractivity contribution in [3.05, 3.63) is 29.3 Å². The van der Waals surface area contributed by atoms with Gasteiger partial charge in [-0.25, -0.2) is 0 Å². The van der Waals surface area contributed by atoms with E-state index in [4.69, 9.17) is 11.5 Å². The highest BCUT2D eigenvalue weighted by atomic mass is 16.2. The number of nitrogen functional groups attached to an aromatic ring is 1. The Morgan fingerprint density at radius 1 is 1.32 bits per heavy atom. The summed E-state index contributed by atoms with van der Waals surface area (Å²) in [6.45, 7) is 4.33. The van der Waals surface area contributed by atoms with Crippen molar-refractivity contribution in [1.82, 2.24) is 4.90 Å². The monoisotopic (exact) mass is 263 g/mol. The highest BCUT2D eigenvalue weighted by molar-refractivity contribution is 5.97. The number of anilines is 1. The molecule has 0 bridgehead atoms. The molecule has 5 heteroatoms. The Morgan fingerprint density at radius 2 is 2.00 bits per heavy atom. The number of carbonyl (C=O) groups excluding carboxylic acids is 2. The van der Waals surface area contributed by atoms with E-state index in [0.717, 1.165) is 18.4 Å². The van der Waals surface area contributed by atoms with E-state index in [2.05, 4.69) is 0 Å². The molecule has 104 valence electrons. The Bertz CT molecular complexity index is 472. The number of unbranched alkanes of at least 4 members (excludes halogenated alkanes) is 1. The topological polar surface area (TPSA) is 89.4 Å². The van der Waals surface area contributed by atoms with Gasteiger partial charge in [-0.05, 0) is 37.1 Å². The fraction of sp³-hybridized carbons (Fsp3) is 0.429. The van der Waals surface area contributed by atoms with Crippen LogP contribution in [-0.4, -0.2) is 29.8 Å². The minimum atomic E-state index is -0.502. The Labute approximate surface area is 113 Å². The van der Waals surface area contributed by atoms with E-state index < -0.39 is 5.91 Å². The Hall–Kier alpha value is -2.04. The first-order valence-electron chi connectivity index (χ1n) is 6.39. The molecule has 0 unspecified atom stereocenters. The first-order valence-corrected chi connectivity index (χ1v) is 6.39. The van der Waals surface area contributed by atoms with Crippen LogP contribution in [0.15, 0.2) is 18.2 Å². The molecule has 1 aromatic carbocycles. The molecule has 4 N–H and O–H groups in total. The molecule has 0 heterocycles. The number of rotatable bonds is 6. The summed E-state index contributed by atoms with van der Waals surface area (Å²) in [5.41, 5.74) is 12.8. The van der Waals surface area contributed by atoms with Crippen LogP contribution < -0.4 is 11.5 Å². The van der Waals surface area contributed by atoms with E-state index in [1.807, 2.05) is 13.8 Å². The zero-order chi connectivity index (χ0) is 14.4. The van der Waals surface area contributed by atoms with E-state index in [9.17, 15) is 9.59 Å². The number of aryl methyl sites for hydroxylation is 1. The number of nitrogens with two attached hydrogens (primary N) is 2. The molecule has 0 aromatic heterocycles. The highest BCUT2D eigenvalue weighted by Crippen LogP contribution is 2.15. The predicted molar refractivity (Wildman–Crippen MR) is 75.6 cm³/mol. The lowest BCUT2D eigenvalue weighted by molar-refractivity contribution is -0.118. The van der Waals surface area contributed by atoms with Gasteiger partial charge >= 0.3 is 0 Å². The lowest BCUT2D eigenvalue weighted by Crippen LogP contribution is -2.39. The SMILES string of the molecule is CCCCN(CC(N)=O)C(=O)c1ccc(N)cc1C. The summed E-state index contributed by atoms with van der Waals surface area (Å²) >= 11 is 0. The van der Waals surface area contributed by atoms with E-state index in [-0.39, 0.29) is 12.5 Å². The molecule has 19 heavy (non-hydrogen) atoms. The van der Waals surface area contributed by atoms with Crippen molar-refractivity contribution in [2.24, 2.45) is 5.73 Å². The highest BCUT2D eigenvalue weighted by Gasteiger charge is 2.18. The predicted octanol–water partition coefficient (Wildman–Crippen LogP) is 1.30. The van der Waals surface area contributed by atoms with Crippen molar-refractivity contribution in [3.63, 3.8) is 0 Å². The van der Waals surface area contributed by atoms with Crippen LogP contribution in [0, 0.1) is 6.92 Å². The van der Waals surface area contributed by atoms with Gasteiger partial charge in [0, 0.05) is 17.8 Å². The zero-order valence-corrected chi connectivity index (χ0v) is 11.5. The van der Waals surface area contributed by atoms with Gasteiger partial charge in [-0.15, -0.1) is 0 Å². The molecule has 0 atom stereocenters. The molecule has 1 rings (SSSR count). The molecule has 1 aromatic rings. The van der Waals surface area contributed by atoms with Crippen LogP contribution >= 0.6 is 0 Å². The van der Waals surface area contributed by atoms with Crippen LogP contribution in [0.1, 0.15) is 35.7 Å². The van der Waals surface area contributed by atoms with E-state index in [1.54, 1.807) is 18.2 Å². The van der Waals surface area contributed by atoms with Crippen molar-refractivity contribution in [2.45, 2.75) is 26.7 Å². The second kappa shape index (κ2) is 6.78. The molecule has 0 saturated heterocycles. The molecule has 0 aliphatic rings. The molecule has 0 saturated carbocycles. The third kappa shape index (κ3) is 4.28. The van der Waals surface area contributed by atoms with Crippen LogP contribution in [0.3, 0.4) is 0 Å². The van der Waals surface area contributed by atoms with Crippen LogP contribution in [0.25, 0.3) is 0 Å². The Morgan fingerprint density at radius 3 is 2.53 bits per heavy atom. The van der Waals surface area contributed by atoms with E-state index in [0.29, 0.717) is 17.8 Å². The zero-order valence-electron chi connectivity index (χ0n) is 11.5. The lowest BCUT2D eigenvalue weighted by atomic mass is 10.1. The summed E-state index contributed by atoms with van der Waals surface area (Å²) < 4.78 is 0. The van der Waals surface area contributed by atoms with Crippen molar-refractivity contribution in [3.8, 4) is 0 Å². The van der Waals surface area contributed by atoms with E-state index in [1.165, 1.54) is 4.90 Å². The fourth-order valence-corrected chi connectivity index (χ4v) is 1.89. The molecule has 0 radical (unpaired) electrons. The minimum Gasteiger partial charge on any atom is -0.399 e. The third-order valence-corrected chi connectivity index (χ3v) is 2.90. The normalized spacial score (nSPS) is 10.2. The number of nitrogens with zero attached hydrogens (tertiary/aromatic N) is 1. The van der Waals surface area contributed by atoms with Crippen molar-refractivity contribution in [1.29, 1.82) is 0 Å². The summed E-state index contributed by atoms with van der Waals surface area (Å²) in [6, 6.07) is 5.12. The number of amides is 2. The van der Waals surface area contributed by atoms with Crippen molar-refractivity contribution >= 4 is 17.5 Å². The van der Waals surface area contributed by atoms with Gasteiger partial charge in [0.1, 0.15) is 0 Å². The average molecular weight is 263 g/mol. The van der Waals surface area contributed by atoms with Gasteiger partial charge in [0.05, 0.1) is 6.54 Å². The van der Waals surface area contributed by atoms with Gasteiger partial charge in [0.25, 0.3) is 5.91 Å². The van der Waals surface area contributed by atoms with Gasteiger partial charge in [0.15, 0.2) is 0 Å². The third-order valence-electron chi connectivity index (χ3n) is 2.90. The van der Waals surface area contributed by atoms with E-state index >= 15 is 0 Å². The van der Waals surface area contributed by atoms with Gasteiger partial charge in [-0.3, -0.25) is 9.59 Å². The van der Waals surface area contributed by atoms with Crippen LogP contribution in [-0.2, 0) is 4.79 Å². The molecular formula is C14H21N3O2. The smallest absolute Gasteiger partial charge is 0.254 e. The van der Waals surface area contributed by atoms with Crippen LogP contribution in [0.2, 0.25) is 0 Å². The van der Waals surface area contributed by atoms with Crippen molar-refractivity contribution < 1.29 is 9.59 Å². The molecule has 0 fully saturated rings. The summed E-state index contributed by atoms with van der Waals surface area (Å²) in [7, 11) is 0.